The van der Waals surface area contributed by atoms with Crippen molar-refractivity contribution in [3.63, 3.8) is 0 Å². The first-order valence-electron chi connectivity index (χ1n) is 10.4. The number of rotatable bonds is 8. The molecule has 1 heterocycles. The Morgan fingerprint density at radius 1 is 1.13 bits per heavy atom. The summed E-state index contributed by atoms with van der Waals surface area (Å²) in [6.07, 6.45) is 0. The maximum Gasteiger partial charge on any atom is 0.338 e. The molecule has 0 aliphatic heterocycles. The van der Waals surface area contributed by atoms with E-state index in [1.807, 2.05) is 12.1 Å². The molecule has 0 bridgehead atoms. The molecule has 0 radical (unpaired) electrons. The zero-order valence-electron chi connectivity index (χ0n) is 18.1. The average Bonchev–Trinajstić information content (AvgIpc) is 3.13. The number of hydrogen-bond donors (Lipinski definition) is 0. The van der Waals surface area contributed by atoms with Gasteiger partial charge in [-0.15, -0.1) is 0 Å². The SMILES string of the molecule is CCOC(=O)c1ccc2c(c1)nc(SCc1c(C)ccc3ccccc13)n2CCOC. The van der Waals surface area contributed by atoms with E-state index in [4.69, 9.17) is 14.5 Å². The van der Waals surface area contributed by atoms with Gasteiger partial charge in [0.1, 0.15) is 0 Å². The van der Waals surface area contributed by atoms with E-state index in [2.05, 4.69) is 47.9 Å². The highest BCUT2D eigenvalue weighted by Crippen LogP contribution is 2.31. The Bertz CT molecular complexity index is 1230. The monoisotopic (exact) mass is 434 g/mol. The summed E-state index contributed by atoms with van der Waals surface area (Å²) >= 11 is 1.71. The molecule has 0 saturated carbocycles. The van der Waals surface area contributed by atoms with Crippen LogP contribution in [0.3, 0.4) is 0 Å². The summed E-state index contributed by atoms with van der Waals surface area (Å²) in [4.78, 5) is 17.0. The summed E-state index contributed by atoms with van der Waals surface area (Å²) in [6.45, 7) is 5.60. The summed E-state index contributed by atoms with van der Waals surface area (Å²) in [5, 5.41) is 3.44. The van der Waals surface area contributed by atoms with Crippen molar-refractivity contribution in [1.29, 1.82) is 0 Å². The van der Waals surface area contributed by atoms with Crippen LogP contribution in [-0.4, -0.2) is 35.8 Å². The molecule has 0 aliphatic rings. The second kappa shape index (κ2) is 9.54. The van der Waals surface area contributed by atoms with Gasteiger partial charge in [0.2, 0.25) is 0 Å². The first-order valence-corrected chi connectivity index (χ1v) is 11.4. The van der Waals surface area contributed by atoms with Crippen molar-refractivity contribution in [2.75, 3.05) is 20.3 Å². The molecule has 0 N–H and O–H groups in total. The van der Waals surface area contributed by atoms with E-state index in [0.717, 1.165) is 21.9 Å². The van der Waals surface area contributed by atoms with Gasteiger partial charge in [0, 0.05) is 19.4 Å². The van der Waals surface area contributed by atoms with E-state index in [-0.39, 0.29) is 5.97 Å². The van der Waals surface area contributed by atoms with Gasteiger partial charge in [-0.25, -0.2) is 9.78 Å². The number of fused-ring (bicyclic) bond motifs is 2. The number of carbonyl (C=O) groups excluding carboxylic acids is 1. The van der Waals surface area contributed by atoms with Crippen LogP contribution in [0.2, 0.25) is 0 Å². The topological polar surface area (TPSA) is 53.3 Å². The van der Waals surface area contributed by atoms with Gasteiger partial charge in [-0.2, -0.15) is 0 Å². The molecule has 1 aromatic heterocycles. The maximum atomic E-state index is 12.1. The van der Waals surface area contributed by atoms with Crippen molar-refractivity contribution in [2.24, 2.45) is 0 Å². The van der Waals surface area contributed by atoms with Gasteiger partial charge in [-0.05, 0) is 53.9 Å². The Kier molecular flexibility index (Phi) is 6.59. The molecular weight excluding hydrogens is 408 g/mol. The predicted octanol–water partition coefficient (Wildman–Crippen LogP) is 5.61. The summed E-state index contributed by atoms with van der Waals surface area (Å²) in [5.41, 5.74) is 4.89. The molecule has 31 heavy (non-hydrogen) atoms. The normalized spacial score (nSPS) is 11.3. The Hall–Kier alpha value is -2.83. The van der Waals surface area contributed by atoms with Crippen LogP contribution in [0.15, 0.2) is 59.8 Å². The molecule has 0 unspecified atom stereocenters. The number of imidazole rings is 1. The van der Waals surface area contributed by atoms with Crippen molar-refractivity contribution in [3.05, 3.63) is 71.3 Å². The summed E-state index contributed by atoms with van der Waals surface area (Å²) < 4.78 is 12.6. The van der Waals surface area contributed by atoms with Gasteiger partial charge in [0.15, 0.2) is 5.16 Å². The number of aryl methyl sites for hydroxylation is 1. The lowest BCUT2D eigenvalue weighted by Gasteiger charge is -2.12. The second-order valence-corrected chi connectivity index (χ2v) is 8.28. The molecule has 4 aromatic rings. The number of benzene rings is 3. The minimum atomic E-state index is -0.323. The van der Waals surface area contributed by atoms with Crippen LogP contribution in [0.4, 0.5) is 0 Å². The van der Waals surface area contributed by atoms with E-state index in [1.54, 1.807) is 31.9 Å². The molecule has 0 spiro atoms. The van der Waals surface area contributed by atoms with Crippen LogP contribution in [0.5, 0.6) is 0 Å². The first-order chi connectivity index (χ1) is 15.1. The number of nitrogens with zero attached hydrogens (tertiary/aromatic N) is 2. The van der Waals surface area contributed by atoms with Crippen LogP contribution < -0.4 is 0 Å². The largest absolute Gasteiger partial charge is 0.462 e. The van der Waals surface area contributed by atoms with E-state index >= 15 is 0 Å². The number of esters is 1. The highest BCUT2D eigenvalue weighted by Gasteiger charge is 2.16. The molecule has 0 amide bonds. The summed E-state index contributed by atoms with van der Waals surface area (Å²) in [7, 11) is 1.70. The lowest BCUT2D eigenvalue weighted by molar-refractivity contribution is 0.0526. The van der Waals surface area contributed by atoms with Gasteiger partial charge in [-0.3, -0.25) is 0 Å². The van der Waals surface area contributed by atoms with E-state index in [1.165, 1.54) is 21.9 Å². The van der Waals surface area contributed by atoms with Crippen LogP contribution in [0.25, 0.3) is 21.8 Å². The van der Waals surface area contributed by atoms with E-state index in [9.17, 15) is 4.79 Å². The molecule has 160 valence electrons. The molecule has 0 aliphatic carbocycles. The van der Waals surface area contributed by atoms with Gasteiger partial charge in [0.25, 0.3) is 0 Å². The average molecular weight is 435 g/mol. The maximum absolute atomic E-state index is 12.1. The van der Waals surface area contributed by atoms with E-state index in [0.29, 0.717) is 25.3 Å². The Balaban J connectivity index is 1.69. The molecule has 0 fully saturated rings. The Morgan fingerprint density at radius 2 is 1.97 bits per heavy atom. The fourth-order valence-electron chi connectivity index (χ4n) is 3.73. The molecular formula is C25H26N2O3S. The zero-order valence-corrected chi connectivity index (χ0v) is 18.9. The van der Waals surface area contributed by atoms with Crippen LogP contribution >= 0.6 is 11.8 Å². The lowest BCUT2D eigenvalue weighted by Crippen LogP contribution is -2.06. The highest BCUT2D eigenvalue weighted by molar-refractivity contribution is 7.98. The van der Waals surface area contributed by atoms with Crippen molar-refractivity contribution < 1.29 is 14.3 Å². The number of hydrogen-bond acceptors (Lipinski definition) is 5. The number of methoxy groups -OCH3 is 1. The third-order valence-electron chi connectivity index (χ3n) is 5.36. The lowest BCUT2D eigenvalue weighted by atomic mass is 10.0. The highest BCUT2D eigenvalue weighted by atomic mass is 32.2. The van der Waals surface area contributed by atoms with Crippen molar-refractivity contribution in [3.8, 4) is 0 Å². The second-order valence-electron chi connectivity index (χ2n) is 7.33. The van der Waals surface area contributed by atoms with Gasteiger partial charge in [0.05, 0.1) is 29.8 Å². The fraction of sp³-hybridized carbons (Fsp3) is 0.280. The molecule has 0 atom stereocenters. The van der Waals surface area contributed by atoms with Crippen molar-refractivity contribution in [1.82, 2.24) is 9.55 Å². The van der Waals surface area contributed by atoms with Gasteiger partial charge >= 0.3 is 5.97 Å². The third-order valence-corrected chi connectivity index (χ3v) is 6.37. The molecule has 3 aromatic carbocycles. The Morgan fingerprint density at radius 3 is 2.77 bits per heavy atom. The standard InChI is InChI=1S/C25H26N2O3S/c1-4-30-24(28)19-11-12-23-22(15-19)26-25(27(23)13-14-29-3)31-16-21-17(2)9-10-18-7-5-6-8-20(18)21/h5-12,15H,4,13-14,16H2,1-3H3. The number of carbonyl (C=O) groups is 1. The number of aromatic nitrogens is 2. The fourth-order valence-corrected chi connectivity index (χ4v) is 4.90. The number of ether oxygens (including phenoxy) is 2. The van der Waals surface area contributed by atoms with Gasteiger partial charge in [-0.1, -0.05) is 48.2 Å². The van der Waals surface area contributed by atoms with Crippen LogP contribution in [-0.2, 0) is 21.8 Å². The third kappa shape index (κ3) is 4.45. The molecule has 6 heteroatoms. The molecule has 4 rings (SSSR count). The molecule has 0 saturated heterocycles. The Labute approximate surface area is 186 Å². The predicted molar refractivity (Wildman–Crippen MR) is 126 cm³/mol. The van der Waals surface area contributed by atoms with E-state index < -0.39 is 0 Å². The van der Waals surface area contributed by atoms with Crippen molar-refractivity contribution in [2.45, 2.75) is 31.3 Å². The number of thioether (sulfide) groups is 1. The minimum Gasteiger partial charge on any atom is -0.462 e. The van der Waals surface area contributed by atoms with Crippen molar-refractivity contribution >= 4 is 39.5 Å². The quantitative estimate of drug-likeness (QED) is 0.266. The van der Waals surface area contributed by atoms with Crippen LogP contribution in [0.1, 0.15) is 28.4 Å². The summed E-state index contributed by atoms with van der Waals surface area (Å²) in [6, 6.07) is 18.4. The summed E-state index contributed by atoms with van der Waals surface area (Å²) in [5.74, 6) is 0.491. The first kappa shape index (κ1) is 21.4. The molecule has 5 nitrogen and oxygen atoms in total. The minimum absolute atomic E-state index is 0.323. The smallest absolute Gasteiger partial charge is 0.338 e. The van der Waals surface area contributed by atoms with Crippen LogP contribution in [0, 0.1) is 6.92 Å². The van der Waals surface area contributed by atoms with Gasteiger partial charge < -0.3 is 14.0 Å². The zero-order chi connectivity index (χ0) is 21.8.